The van der Waals surface area contributed by atoms with E-state index in [2.05, 4.69) is 26.6 Å². The second kappa shape index (κ2) is 11.1. The molecule has 0 spiro atoms. The highest BCUT2D eigenvalue weighted by Gasteiger charge is 2.09. The number of ether oxygens (including phenoxy) is 1. The van der Waals surface area contributed by atoms with Crippen molar-refractivity contribution < 1.29 is 19.1 Å². The number of carbonyl (C=O) groups excluding carboxylic acids is 3. The number of rotatable bonds is 7. The number of hydrogen-bond acceptors (Lipinski definition) is 4. The van der Waals surface area contributed by atoms with E-state index in [0.717, 1.165) is 15.6 Å². The molecule has 7 heteroatoms. The second-order valence-corrected chi connectivity index (χ2v) is 7.79. The molecule has 0 unspecified atom stereocenters. The summed E-state index contributed by atoms with van der Waals surface area (Å²) in [5, 5.41) is 5.63. The van der Waals surface area contributed by atoms with Crippen LogP contribution < -0.4 is 15.4 Å². The first kappa shape index (κ1) is 23.0. The Hall–Kier alpha value is -3.71. The molecule has 3 aromatic rings. The lowest BCUT2D eigenvalue weighted by molar-refractivity contribution is -0.131. The van der Waals surface area contributed by atoms with E-state index in [1.807, 2.05) is 30.3 Å². The summed E-state index contributed by atoms with van der Waals surface area (Å²) < 4.78 is 5.99. The van der Waals surface area contributed by atoms with E-state index < -0.39 is 5.97 Å². The van der Waals surface area contributed by atoms with E-state index in [1.54, 1.807) is 42.5 Å². The van der Waals surface area contributed by atoms with Crippen LogP contribution in [-0.2, 0) is 16.1 Å². The zero-order valence-corrected chi connectivity index (χ0v) is 18.9. The van der Waals surface area contributed by atoms with Crippen molar-refractivity contribution in [3.63, 3.8) is 0 Å². The molecule has 0 saturated carbocycles. The molecule has 2 amide bonds. The van der Waals surface area contributed by atoms with E-state index in [4.69, 9.17) is 4.74 Å². The third-order valence-electron chi connectivity index (χ3n) is 4.31. The minimum absolute atomic E-state index is 0.218. The highest BCUT2D eigenvalue weighted by Crippen LogP contribution is 2.17. The van der Waals surface area contributed by atoms with Gasteiger partial charge < -0.3 is 15.4 Å². The van der Waals surface area contributed by atoms with Crippen molar-refractivity contribution >= 4 is 45.5 Å². The third-order valence-corrected chi connectivity index (χ3v) is 4.84. The quantitative estimate of drug-likeness (QED) is 0.277. The van der Waals surface area contributed by atoms with Crippen LogP contribution in [0.4, 0.5) is 5.69 Å². The molecular formula is C25H21BrN2O4. The topological polar surface area (TPSA) is 84.5 Å². The molecule has 32 heavy (non-hydrogen) atoms. The van der Waals surface area contributed by atoms with Crippen LogP contribution >= 0.6 is 15.9 Å². The van der Waals surface area contributed by atoms with Gasteiger partial charge in [0.15, 0.2) is 0 Å². The van der Waals surface area contributed by atoms with Crippen LogP contribution in [-0.4, -0.2) is 17.8 Å². The molecule has 0 aromatic heterocycles. The predicted molar refractivity (Wildman–Crippen MR) is 127 cm³/mol. The number of halogens is 1. The van der Waals surface area contributed by atoms with Crippen molar-refractivity contribution in [2.45, 2.75) is 13.5 Å². The van der Waals surface area contributed by atoms with Gasteiger partial charge in [0.2, 0.25) is 5.91 Å². The molecule has 0 aliphatic rings. The summed E-state index contributed by atoms with van der Waals surface area (Å²) in [6.45, 7) is 1.61. The standard InChI is InChI=1S/C25H21BrN2O4/c1-17(29)32-23-7-3-5-20(15-23)25(31)28-22-6-2-4-19(14-22)16-27-24(30)13-10-18-8-11-21(26)12-9-18/h2-15H,16H2,1H3,(H,27,30)(H,28,31)/b13-10+. The summed E-state index contributed by atoms with van der Waals surface area (Å²) in [7, 11) is 0. The van der Waals surface area contributed by atoms with Crippen LogP contribution in [0.5, 0.6) is 5.75 Å². The SMILES string of the molecule is CC(=O)Oc1cccc(C(=O)Nc2cccc(CNC(=O)/C=C/c3ccc(Br)cc3)c2)c1. The van der Waals surface area contributed by atoms with Gasteiger partial charge in [-0.15, -0.1) is 0 Å². The smallest absolute Gasteiger partial charge is 0.308 e. The maximum absolute atomic E-state index is 12.5. The molecule has 3 aromatic carbocycles. The van der Waals surface area contributed by atoms with Gasteiger partial charge in [-0.25, -0.2) is 0 Å². The largest absolute Gasteiger partial charge is 0.427 e. The number of hydrogen-bond donors (Lipinski definition) is 2. The Morgan fingerprint density at radius 1 is 0.969 bits per heavy atom. The molecule has 0 radical (unpaired) electrons. The van der Waals surface area contributed by atoms with Crippen molar-refractivity contribution in [2.75, 3.05) is 5.32 Å². The lowest BCUT2D eigenvalue weighted by atomic mass is 10.1. The van der Waals surface area contributed by atoms with Gasteiger partial charge in [0, 0.05) is 35.3 Å². The first-order chi connectivity index (χ1) is 15.4. The van der Waals surface area contributed by atoms with Crippen LogP contribution in [0.3, 0.4) is 0 Å². The molecule has 6 nitrogen and oxygen atoms in total. The van der Waals surface area contributed by atoms with Crippen molar-refractivity contribution in [2.24, 2.45) is 0 Å². The van der Waals surface area contributed by atoms with Gasteiger partial charge in [0.05, 0.1) is 0 Å². The normalized spacial score (nSPS) is 10.6. The van der Waals surface area contributed by atoms with E-state index in [-0.39, 0.29) is 11.8 Å². The van der Waals surface area contributed by atoms with E-state index in [1.165, 1.54) is 19.1 Å². The van der Waals surface area contributed by atoms with Crippen molar-refractivity contribution in [1.29, 1.82) is 0 Å². The second-order valence-electron chi connectivity index (χ2n) is 6.88. The Morgan fingerprint density at radius 3 is 2.47 bits per heavy atom. The summed E-state index contributed by atoms with van der Waals surface area (Å²) in [6.07, 6.45) is 3.22. The number of esters is 1. The van der Waals surface area contributed by atoms with Crippen molar-refractivity contribution in [1.82, 2.24) is 5.32 Å². The molecular weight excluding hydrogens is 472 g/mol. The fraction of sp³-hybridized carbons (Fsp3) is 0.0800. The molecule has 0 atom stereocenters. The van der Waals surface area contributed by atoms with Gasteiger partial charge in [0.1, 0.15) is 5.75 Å². The summed E-state index contributed by atoms with van der Waals surface area (Å²) in [6, 6.07) is 21.2. The van der Waals surface area contributed by atoms with Crippen LogP contribution in [0.25, 0.3) is 6.08 Å². The van der Waals surface area contributed by atoms with Crippen LogP contribution in [0.15, 0.2) is 83.3 Å². The highest BCUT2D eigenvalue weighted by molar-refractivity contribution is 9.10. The Labute approximate surface area is 194 Å². The molecule has 0 fully saturated rings. The summed E-state index contributed by atoms with van der Waals surface area (Å²) in [4.78, 5) is 35.7. The fourth-order valence-corrected chi connectivity index (χ4v) is 3.09. The van der Waals surface area contributed by atoms with Gasteiger partial charge >= 0.3 is 5.97 Å². The monoisotopic (exact) mass is 492 g/mol. The Morgan fingerprint density at radius 2 is 1.72 bits per heavy atom. The minimum Gasteiger partial charge on any atom is -0.427 e. The molecule has 0 aliphatic carbocycles. The first-order valence-electron chi connectivity index (χ1n) is 9.79. The fourth-order valence-electron chi connectivity index (χ4n) is 2.82. The zero-order valence-electron chi connectivity index (χ0n) is 17.3. The predicted octanol–water partition coefficient (Wildman–Crippen LogP) is 4.96. The lowest BCUT2D eigenvalue weighted by Gasteiger charge is -2.09. The first-order valence-corrected chi connectivity index (χ1v) is 10.6. The Balaban J connectivity index is 1.57. The number of benzene rings is 3. The Bertz CT molecular complexity index is 1160. The van der Waals surface area contributed by atoms with Crippen LogP contribution in [0.2, 0.25) is 0 Å². The number of nitrogens with one attached hydrogen (secondary N) is 2. The number of carbonyl (C=O) groups is 3. The number of amides is 2. The average Bonchev–Trinajstić information content (AvgIpc) is 2.77. The van der Waals surface area contributed by atoms with E-state index in [0.29, 0.717) is 23.5 Å². The van der Waals surface area contributed by atoms with Gasteiger partial charge in [-0.2, -0.15) is 0 Å². The molecule has 0 aliphatic heterocycles. The highest BCUT2D eigenvalue weighted by atomic mass is 79.9. The van der Waals surface area contributed by atoms with Gasteiger partial charge in [-0.05, 0) is 59.7 Å². The van der Waals surface area contributed by atoms with Crippen LogP contribution in [0, 0.1) is 0 Å². The average molecular weight is 493 g/mol. The summed E-state index contributed by atoms with van der Waals surface area (Å²) in [5.41, 5.74) is 2.71. The van der Waals surface area contributed by atoms with E-state index in [9.17, 15) is 14.4 Å². The zero-order chi connectivity index (χ0) is 22.9. The molecule has 0 bridgehead atoms. The molecule has 0 heterocycles. The molecule has 0 saturated heterocycles. The summed E-state index contributed by atoms with van der Waals surface area (Å²) in [5.74, 6) is -0.705. The van der Waals surface area contributed by atoms with Crippen molar-refractivity contribution in [3.8, 4) is 5.75 Å². The van der Waals surface area contributed by atoms with Gasteiger partial charge in [-0.1, -0.05) is 46.3 Å². The van der Waals surface area contributed by atoms with Gasteiger partial charge in [-0.3, -0.25) is 14.4 Å². The van der Waals surface area contributed by atoms with Crippen LogP contribution in [0.1, 0.15) is 28.4 Å². The third kappa shape index (κ3) is 7.21. The Kier molecular flexibility index (Phi) is 7.94. The maximum atomic E-state index is 12.5. The summed E-state index contributed by atoms with van der Waals surface area (Å²) >= 11 is 3.37. The van der Waals surface area contributed by atoms with Crippen molar-refractivity contribution in [3.05, 3.63) is 100 Å². The molecule has 162 valence electrons. The maximum Gasteiger partial charge on any atom is 0.308 e. The molecule has 3 rings (SSSR count). The van der Waals surface area contributed by atoms with Gasteiger partial charge in [0.25, 0.3) is 5.91 Å². The number of anilines is 1. The lowest BCUT2D eigenvalue weighted by Crippen LogP contribution is -2.20. The minimum atomic E-state index is -0.455. The molecule has 2 N–H and O–H groups in total. The van der Waals surface area contributed by atoms with E-state index >= 15 is 0 Å².